The Labute approximate surface area is 115 Å². The van der Waals surface area contributed by atoms with E-state index in [9.17, 15) is 10.1 Å². The molecule has 0 saturated carbocycles. The molecule has 0 saturated heterocycles. The quantitative estimate of drug-likeness (QED) is 0.674. The van der Waals surface area contributed by atoms with Gasteiger partial charge in [0.05, 0.1) is 12.1 Å². The van der Waals surface area contributed by atoms with Gasteiger partial charge in [-0.25, -0.2) is 0 Å². The molecule has 1 aromatic heterocycles. The van der Waals surface area contributed by atoms with Crippen LogP contribution in [0.2, 0.25) is 5.02 Å². The Hall–Kier alpha value is -1.85. The van der Waals surface area contributed by atoms with Crippen molar-refractivity contribution in [3.8, 4) is 0 Å². The summed E-state index contributed by atoms with van der Waals surface area (Å²) >= 11 is 6.10. The molecule has 0 amide bonds. The first kappa shape index (κ1) is 13.6. The molecule has 0 aliphatic heterocycles. The summed E-state index contributed by atoms with van der Waals surface area (Å²) in [6, 6.07) is 10.3. The molecule has 1 N–H and O–H groups in total. The van der Waals surface area contributed by atoms with Crippen molar-refractivity contribution in [1.82, 2.24) is 5.32 Å². The number of nitro groups is 1. The molecule has 0 aliphatic carbocycles. The van der Waals surface area contributed by atoms with E-state index in [0.717, 1.165) is 5.56 Å². The summed E-state index contributed by atoms with van der Waals surface area (Å²) in [5, 5.41) is 14.3. The second-order valence-electron chi connectivity index (χ2n) is 4.07. The van der Waals surface area contributed by atoms with E-state index in [1.54, 1.807) is 13.1 Å². The minimum atomic E-state index is -0.550. The summed E-state index contributed by atoms with van der Waals surface area (Å²) in [6.07, 6.45) is 0.598. The van der Waals surface area contributed by atoms with Gasteiger partial charge in [0.15, 0.2) is 0 Å². The molecular weight excluding hydrogens is 268 g/mol. The number of furan rings is 1. The summed E-state index contributed by atoms with van der Waals surface area (Å²) in [5.41, 5.74) is 0.961. The highest BCUT2D eigenvalue weighted by Crippen LogP contribution is 2.26. The summed E-state index contributed by atoms with van der Waals surface area (Å²) in [6.45, 7) is 0. The molecule has 0 fully saturated rings. The first-order chi connectivity index (χ1) is 9.11. The first-order valence-electron chi connectivity index (χ1n) is 5.76. The van der Waals surface area contributed by atoms with Crippen LogP contribution in [0.25, 0.3) is 0 Å². The lowest BCUT2D eigenvalue weighted by Gasteiger charge is -2.14. The number of hydrogen-bond donors (Lipinski definition) is 1. The average molecular weight is 281 g/mol. The maximum Gasteiger partial charge on any atom is 0.433 e. The summed E-state index contributed by atoms with van der Waals surface area (Å²) in [7, 11) is 1.77. The number of nitrogens with one attached hydrogen (secondary N) is 1. The highest BCUT2D eigenvalue weighted by atomic mass is 35.5. The van der Waals surface area contributed by atoms with Crippen molar-refractivity contribution in [2.24, 2.45) is 0 Å². The Morgan fingerprint density at radius 1 is 1.37 bits per heavy atom. The predicted octanol–water partition coefficient (Wildman–Crippen LogP) is 3.34. The lowest BCUT2D eigenvalue weighted by molar-refractivity contribution is -0.402. The van der Waals surface area contributed by atoms with Gasteiger partial charge in [0, 0.05) is 5.02 Å². The molecule has 19 heavy (non-hydrogen) atoms. The van der Waals surface area contributed by atoms with Gasteiger partial charge in [-0.2, -0.15) is 0 Å². The van der Waals surface area contributed by atoms with Gasteiger partial charge < -0.3 is 9.73 Å². The largest absolute Gasteiger partial charge is 0.433 e. The Balaban J connectivity index is 2.20. The topological polar surface area (TPSA) is 68.3 Å². The number of nitrogens with zero attached hydrogens (tertiary/aromatic N) is 1. The molecule has 100 valence electrons. The van der Waals surface area contributed by atoms with Crippen LogP contribution in [0.5, 0.6) is 0 Å². The Kier molecular flexibility index (Phi) is 4.19. The molecule has 2 aromatic rings. The van der Waals surface area contributed by atoms with Crippen LogP contribution in [-0.2, 0) is 6.42 Å². The average Bonchev–Trinajstić information content (AvgIpc) is 2.87. The molecule has 5 nitrogen and oxygen atoms in total. The van der Waals surface area contributed by atoms with Crippen LogP contribution in [-0.4, -0.2) is 12.0 Å². The van der Waals surface area contributed by atoms with Gasteiger partial charge in [-0.3, -0.25) is 10.1 Å². The number of benzene rings is 1. The Bertz CT molecular complexity index is 583. The fourth-order valence-electron chi connectivity index (χ4n) is 1.86. The van der Waals surface area contributed by atoms with Crippen LogP contribution in [0.4, 0.5) is 5.88 Å². The summed E-state index contributed by atoms with van der Waals surface area (Å²) < 4.78 is 5.21. The minimum Gasteiger partial charge on any atom is -0.404 e. The first-order valence-corrected chi connectivity index (χ1v) is 6.14. The zero-order valence-electron chi connectivity index (χ0n) is 10.3. The van der Waals surface area contributed by atoms with Crippen molar-refractivity contribution in [2.45, 2.75) is 12.5 Å². The predicted molar refractivity (Wildman–Crippen MR) is 72.3 cm³/mol. The van der Waals surface area contributed by atoms with Gasteiger partial charge in [-0.15, -0.1) is 0 Å². The molecule has 0 radical (unpaired) electrons. The van der Waals surface area contributed by atoms with E-state index >= 15 is 0 Å². The Morgan fingerprint density at radius 2 is 2.11 bits per heavy atom. The van der Waals surface area contributed by atoms with E-state index in [2.05, 4.69) is 5.32 Å². The molecule has 0 aliphatic rings. The molecule has 6 heteroatoms. The zero-order chi connectivity index (χ0) is 13.8. The van der Waals surface area contributed by atoms with Gasteiger partial charge in [0.25, 0.3) is 0 Å². The monoisotopic (exact) mass is 280 g/mol. The van der Waals surface area contributed by atoms with Crippen LogP contribution in [0, 0.1) is 10.1 Å². The summed E-state index contributed by atoms with van der Waals surface area (Å²) in [4.78, 5) is 10.1. The van der Waals surface area contributed by atoms with Crippen molar-refractivity contribution in [3.63, 3.8) is 0 Å². The zero-order valence-corrected chi connectivity index (χ0v) is 11.1. The summed E-state index contributed by atoms with van der Waals surface area (Å²) in [5.74, 6) is 0.267. The van der Waals surface area contributed by atoms with Crippen molar-refractivity contribution in [3.05, 3.63) is 62.9 Å². The fourth-order valence-corrected chi connectivity index (χ4v) is 2.07. The third-order valence-electron chi connectivity index (χ3n) is 2.87. The highest BCUT2D eigenvalue weighted by Gasteiger charge is 2.19. The van der Waals surface area contributed by atoms with Gasteiger partial charge in [0.2, 0.25) is 0 Å². The lowest BCUT2D eigenvalue weighted by atomic mass is 10.0. The number of halogens is 1. The van der Waals surface area contributed by atoms with Gasteiger partial charge in [0.1, 0.15) is 10.7 Å². The molecular formula is C13H13ClN2O3. The van der Waals surface area contributed by atoms with Crippen LogP contribution in [0.3, 0.4) is 0 Å². The second kappa shape index (κ2) is 5.86. The van der Waals surface area contributed by atoms with E-state index in [1.165, 1.54) is 6.07 Å². The van der Waals surface area contributed by atoms with E-state index in [4.69, 9.17) is 16.0 Å². The number of hydrogen-bond acceptors (Lipinski definition) is 4. The van der Waals surface area contributed by atoms with Crippen LogP contribution in [0.15, 0.2) is 40.8 Å². The standard InChI is InChI=1S/C13H13ClN2O3/c1-15-11(8-9-4-2-3-5-10(9)14)12-6-7-13(19-12)16(17)18/h2-7,11,15H,8H2,1H3. The van der Waals surface area contributed by atoms with Crippen molar-refractivity contribution >= 4 is 17.5 Å². The van der Waals surface area contributed by atoms with Crippen molar-refractivity contribution in [2.75, 3.05) is 7.05 Å². The van der Waals surface area contributed by atoms with Gasteiger partial charge >= 0.3 is 5.88 Å². The molecule has 2 rings (SSSR count). The van der Waals surface area contributed by atoms with E-state index in [1.807, 2.05) is 24.3 Å². The third-order valence-corrected chi connectivity index (χ3v) is 3.24. The highest BCUT2D eigenvalue weighted by molar-refractivity contribution is 6.31. The number of likely N-dealkylation sites (N-methyl/N-ethyl adjacent to an activating group) is 1. The molecule has 1 aromatic carbocycles. The molecule has 1 unspecified atom stereocenters. The van der Waals surface area contributed by atoms with Crippen molar-refractivity contribution in [1.29, 1.82) is 0 Å². The van der Waals surface area contributed by atoms with Crippen molar-refractivity contribution < 1.29 is 9.34 Å². The van der Waals surface area contributed by atoms with Crippen LogP contribution in [0.1, 0.15) is 17.4 Å². The van der Waals surface area contributed by atoms with E-state index in [-0.39, 0.29) is 11.9 Å². The number of rotatable bonds is 5. The molecule has 1 atom stereocenters. The third kappa shape index (κ3) is 3.13. The van der Waals surface area contributed by atoms with Gasteiger partial charge in [-0.1, -0.05) is 29.8 Å². The minimum absolute atomic E-state index is 0.159. The van der Waals surface area contributed by atoms with Crippen LogP contribution < -0.4 is 5.32 Å². The van der Waals surface area contributed by atoms with Crippen LogP contribution >= 0.6 is 11.6 Å². The van der Waals surface area contributed by atoms with E-state index < -0.39 is 4.92 Å². The lowest BCUT2D eigenvalue weighted by Crippen LogP contribution is -2.18. The smallest absolute Gasteiger partial charge is 0.404 e. The molecule has 0 bridgehead atoms. The fraction of sp³-hybridized carbons (Fsp3) is 0.231. The molecule has 1 heterocycles. The van der Waals surface area contributed by atoms with Gasteiger partial charge in [-0.05, 0) is 31.2 Å². The Morgan fingerprint density at radius 3 is 2.68 bits per heavy atom. The second-order valence-corrected chi connectivity index (χ2v) is 4.48. The SMILES string of the molecule is CNC(Cc1ccccc1Cl)c1ccc([N+](=O)[O-])o1. The van der Waals surface area contributed by atoms with E-state index in [0.29, 0.717) is 17.2 Å². The molecule has 0 spiro atoms. The maximum absolute atomic E-state index is 10.6. The normalized spacial score (nSPS) is 12.3. The maximum atomic E-state index is 10.6.